The Balaban J connectivity index is 0.675. The Bertz CT molecular complexity index is 6320. The lowest BCUT2D eigenvalue weighted by Crippen LogP contribution is -2.28. The lowest BCUT2D eigenvalue weighted by Gasteiger charge is -2.34. The number of fused-ring (bicyclic) bond motifs is 13. The van der Waals surface area contributed by atoms with E-state index >= 15 is 0 Å². The van der Waals surface area contributed by atoms with Crippen LogP contribution in [0, 0.1) is 0 Å². The number of nitrogens with zero attached hydrogens (tertiary/aromatic N) is 3. The molecule has 2 aliphatic carbocycles. The first-order valence-corrected chi connectivity index (χ1v) is 36.0. The van der Waals surface area contributed by atoms with E-state index in [1.807, 2.05) is 0 Å². The van der Waals surface area contributed by atoms with Gasteiger partial charge in [-0.15, -0.1) is 0 Å². The number of furan rings is 1. The van der Waals surface area contributed by atoms with Gasteiger partial charge in [-0.2, -0.15) is 0 Å². The number of rotatable bonds is 13. The first-order valence-electron chi connectivity index (χ1n) is 36.0. The maximum absolute atomic E-state index is 6.95. The third-order valence-corrected chi connectivity index (χ3v) is 22.3. The van der Waals surface area contributed by atoms with E-state index in [4.69, 9.17) is 4.42 Å². The van der Waals surface area contributed by atoms with Crippen molar-refractivity contribution in [2.45, 2.75) is 24.7 Å². The van der Waals surface area contributed by atoms with E-state index in [-0.39, 0.29) is 5.41 Å². The summed E-state index contributed by atoms with van der Waals surface area (Å²) in [4.78, 5) is 4.80. The Morgan fingerprint density at radius 1 is 0.260 bits per heavy atom. The summed E-state index contributed by atoms with van der Waals surface area (Å²) in [5.41, 5.74) is 32.9. The average molecular weight is 1330 g/mol. The molecule has 2 heterocycles. The Kier molecular flexibility index (Phi) is 14.1. The Morgan fingerprint density at radius 3 is 1.32 bits per heavy atom. The first-order chi connectivity index (χ1) is 51.3. The van der Waals surface area contributed by atoms with Gasteiger partial charge in [-0.25, -0.2) is 0 Å². The van der Waals surface area contributed by atoms with Gasteiger partial charge in [0.15, 0.2) is 0 Å². The van der Waals surface area contributed by atoms with E-state index in [1.54, 1.807) is 0 Å². The Morgan fingerprint density at radius 2 is 0.683 bits per heavy atom. The summed E-state index contributed by atoms with van der Waals surface area (Å²) in [6.07, 6.45) is 0. The molecule has 0 aliphatic heterocycles. The topological polar surface area (TPSA) is 24.6 Å². The molecule has 0 saturated heterocycles. The summed E-state index contributed by atoms with van der Waals surface area (Å²) >= 11 is 0. The third kappa shape index (κ3) is 9.67. The summed E-state index contributed by atoms with van der Waals surface area (Å²) in [7, 11) is 0. The molecule has 0 amide bonds. The van der Waals surface area contributed by atoms with Gasteiger partial charge in [0.2, 0.25) is 0 Å². The van der Waals surface area contributed by atoms with Crippen molar-refractivity contribution in [1.29, 1.82) is 0 Å². The van der Waals surface area contributed by atoms with Crippen molar-refractivity contribution < 1.29 is 4.42 Å². The minimum Gasteiger partial charge on any atom is -0.455 e. The normalized spacial score (nSPS) is 14.0. The molecule has 20 rings (SSSR count). The van der Waals surface area contributed by atoms with E-state index in [0.717, 1.165) is 100 Å². The zero-order chi connectivity index (χ0) is 69.0. The molecule has 0 spiro atoms. The van der Waals surface area contributed by atoms with Gasteiger partial charge in [-0.1, -0.05) is 281 Å². The summed E-state index contributed by atoms with van der Waals surface area (Å²) in [6.45, 7) is 4.73. The number of para-hydroxylation sites is 2. The monoisotopic (exact) mass is 1330 g/mol. The maximum Gasteiger partial charge on any atom is 0.145 e. The molecule has 0 saturated carbocycles. The van der Waals surface area contributed by atoms with Crippen molar-refractivity contribution in [3.8, 4) is 72.4 Å². The second kappa shape index (κ2) is 24.2. The Hall–Kier alpha value is -13.3. The molecule has 490 valence electrons. The highest BCUT2D eigenvalue weighted by atomic mass is 16.3. The zero-order valence-electron chi connectivity index (χ0n) is 57.6. The van der Waals surface area contributed by atoms with Gasteiger partial charge >= 0.3 is 0 Å². The smallest absolute Gasteiger partial charge is 0.145 e. The molecule has 0 N–H and O–H groups in total. The van der Waals surface area contributed by atoms with Crippen LogP contribution in [0.15, 0.2) is 387 Å². The van der Waals surface area contributed by atoms with Gasteiger partial charge in [0.1, 0.15) is 11.2 Å². The fourth-order valence-corrected chi connectivity index (χ4v) is 17.3. The number of anilines is 6. The van der Waals surface area contributed by atoms with Gasteiger partial charge in [0.05, 0.1) is 21.8 Å². The average Bonchev–Trinajstić information content (AvgIpc) is 1.53. The van der Waals surface area contributed by atoms with Crippen LogP contribution in [0.4, 0.5) is 34.1 Å². The van der Waals surface area contributed by atoms with Crippen LogP contribution in [0.2, 0.25) is 0 Å². The van der Waals surface area contributed by atoms with E-state index in [1.165, 1.54) is 83.5 Å². The molecule has 4 heteroatoms. The van der Waals surface area contributed by atoms with Gasteiger partial charge < -0.3 is 18.8 Å². The van der Waals surface area contributed by atoms with Gasteiger partial charge in [0.25, 0.3) is 0 Å². The van der Waals surface area contributed by atoms with Crippen LogP contribution in [0.3, 0.4) is 0 Å². The van der Waals surface area contributed by atoms with Crippen molar-refractivity contribution >= 4 is 77.9 Å². The standard InChI is InChI=1S/C100H69N3O/c1-99(2)90-32-18-15-29-83(90)85-58-56-82(65-93(85)99)102(78-48-39-70(40-49-78)67-23-9-4-10-24-67)79-54-46-75(47-55-79)100(74-25-11-5-12-26-74)91-33-19-16-30-84(91)88-63-73(45-60-92(88)100)72-43-52-80(53-44-72)103-94-61-57-81(64-89(94)97-95(103)62-59-87-86-31-17-20-34-96(86)104-98(87)97)101(76-27-13-6-14-28-76)77-50-41-71(42-51-77)69-37-35-68(36-38-69)66-21-7-3-8-22-66/h3-65H,1-2H3. The van der Waals surface area contributed by atoms with E-state index < -0.39 is 5.41 Å². The second-order valence-corrected chi connectivity index (χ2v) is 28.3. The van der Waals surface area contributed by atoms with Crippen molar-refractivity contribution in [1.82, 2.24) is 4.57 Å². The van der Waals surface area contributed by atoms with Gasteiger partial charge in [-0.05, 0) is 215 Å². The van der Waals surface area contributed by atoms with Crippen molar-refractivity contribution in [3.05, 3.63) is 416 Å². The van der Waals surface area contributed by atoms with E-state index in [0.29, 0.717) is 0 Å². The molecular formula is C100H69N3O. The predicted octanol–water partition coefficient (Wildman–Crippen LogP) is 27.0. The number of hydrogen-bond donors (Lipinski definition) is 0. The third-order valence-electron chi connectivity index (χ3n) is 22.3. The highest BCUT2D eigenvalue weighted by Crippen LogP contribution is 2.58. The lowest BCUT2D eigenvalue weighted by atomic mass is 9.67. The minimum absolute atomic E-state index is 0.157. The second-order valence-electron chi connectivity index (χ2n) is 28.3. The van der Waals surface area contributed by atoms with Crippen LogP contribution in [0.1, 0.15) is 47.2 Å². The van der Waals surface area contributed by atoms with Crippen LogP contribution in [-0.2, 0) is 10.8 Å². The van der Waals surface area contributed by atoms with Crippen LogP contribution >= 0.6 is 0 Å². The number of aromatic nitrogens is 1. The highest BCUT2D eigenvalue weighted by Gasteiger charge is 2.46. The van der Waals surface area contributed by atoms with E-state index in [2.05, 4.69) is 410 Å². The van der Waals surface area contributed by atoms with Gasteiger partial charge in [-0.3, -0.25) is 0 Å². The highest BCUT2D eigenvalue weighted by molar-refractivity contribution is 6.24. The number of hydrogen-bond acceptors (Lipinski definition) is 3. The van der Waals surface area contributed by atoms with Crippen LogP contribution in [0.25, 0.3) is 116 Å². The summed E-state index contributed by atoms with van der Waals surface area (Å²) in [5, 5.41) is 4.39. The van der Waals surface area contributed by atoms with Crippen molar-refractivity contribution in [2.75, 3.05) is 9.80 Å². The molecule has 2 aromatic heterocycles. The molecule has 0 bridgehead atoms. The van der Waals surface area contributed by atoms with Crippen LogP contribution < -0.4 is 9.80 Å². The van der Waals surface area contributed by atoms with Gasteiger partial charge in [0, 0.05) is 61.4 Å². The molecule has 18 aromatic rings. The summed E-state index contributed by atoms with van der Waals surface area (Å²) < 4.78 is 9.37. The quantitative estimate of drug-likeness (QED) is 0.115. The maximum atomic E-state index is 6.95. The molecule has 1 atom stereocenters. The fourth-order valence-electron chi connectivity index (χ4n) is 17.3. The van der Waals surface area contributed by atoms with E-state index in [9.17, 15) is 0 Å². The summed E-state index contributed by atoms with van der Waals surface area (Å²) in [6, 6.07) is 141. The number of benzene rings is 16. The molecule has 2 aliphatic rings. The molecule has 0 radical (unpaired) electrons. The fraction of sp³-hybridized carbons (Fsp3) is 0.0400. The zero-order valence-corrected chi connectivity index (χ0v) is 57.6. The molecule has 0 fully saturated rings. The molecule has 4 nitrogen and oxygen atoms in total. The molecule has 104 heavy (non-hydrogen) atoms. The predicted molar refractivity (Wildman–Crippen MR) is 434 cm³/mol. The van der Waals surface area contributed by atoms with Crippen molar-refractivity contribution in [2.24, 2.45) is 0 Å². The molecular weight excluding hydrogens is 1260 g/mol. The Labute approximate surface area is 605 Å². The molecule has 16 aromatic carbocycles. The first kappa shape index (κ1) is 60.7. The SMILES string of the molecule is CC1(C)c2ccccc2-c2ccc(N(c3ccc(-c4ccccc4)cc3)c3ccc(C4(c5ccccc5)c5ccccc5-c5cc(-c6ccc(-n7c8ccc(N(c9ccccc9)c9ccc(-c%10ccc(-c%11ccccc%11)cc%10)cc9)cc8c8c9oc%10ccccc%10c9ccc87)cc6)ccc54)cc3)cc21. The largest absolute Gasteiger partial charge is 0.455 e. The van der Waals surface area contributed by atoms with Crippen LogP contribution in [-0.4, -0.2) is 4.57 Å². The molecule has 1 unspecified atom stereocenters. The summed E-state index contributed by atoms with van der Waals surface area (Å²) in [5.74, 6) is 0. The lowest BCUT2D eigenvalue weighted by molar-refractivity contribution is 0.660. The van der Waals surface area contributed by atoms with Crippen molar-refractivity contribution in [3.63, 3.8) is 0 Å². The minimum atomic E-state index is -0.610. The van der Waals surface area contributed by atoms with Crippen LogP contribution in [0.5, 0.6) is 0 Å².